The van der Waals surface area contributed by atoms with Crippen molar-refractivity contribution in [1.29, 1.82) is 0 Å². The number of benzene rings is 1. The molecule has 2 aliphatic rings. The van der Waals surface area contributed by atoms with Crippen molar-refractivity contribution in [2.75, 3.05) is 25.5 Å². The van der Waals surface area contributed by atoms with Crippen LogP contribution >= 0.6 is 0 Å². The van der Waals surface area contributed by atoms with Gasteiger partial charge in [-0.25, -0.2) is 22.0 Å². The average molecular weight is 513 g/mol. The van der Waals surface area contributed by atoms with E-state index in [4.69, 9.17) is 0 Å². The van der Waals surface area contributed by atoms with Gasteiger partial charge in [-0.3, -0.25) is 9.59 Å². The smallest absolute Gasteiger partial charge is 0.266 e. The van der Waals surface area contributed by atoms with Gasteiger partial charge in [-0.15, -0.1) is 0 Å². The first-order valence-corrected chi connectivity index (χ1v) is 11.9. The lowest BCUT2D eigenvalue weighted by molar-refractivity contribution is 0.0648. The van der Waals surface area contributed by atoms with E-state index in [-0.39, 0.29) is 35.7 Å². The van der Waals surface area contributed by atoms with E-state index in [0.29, 0.717) is 0 Å². The normalized spacial score (nSPS) is 18.9. The molecule has 1 amide bonds. The minimum absolute atomic E-state index is 0.0365. The SMILES string of the molecule is C[C@@H](NC(=O)c1cn(C2(C(F)F)CC2)c(=O)cc1NC1CCN(C)CC1)c1cccc(C(F)F)c1F. The minimum atomic E-state index is -3.02. The fourth-order valence-electron chi connectivity index (χ4n) is 4.67. The van der Waals surface area contributed by atoms with Crippen molar-refractivity contribution in [3.8, 4) is 0 Å². The number of amides is 1. The van der Waals surface area contributed by atoms with E-state index in [9.17, 15) is 31.5 Å². The molecule has 1 atom stereocenters. The maximum atomic E-state index is 14.6. The van der Waals surface area contributed by atoms with Crippen molar-refractivity contribution in [3.05, 3.63) is 63.3 Å². The third-order valence-corrected chi connectivity index (χ3v) is 7.13. The van der Waals surface area contributed by atoms with Gasteiger partial charge in [-0.2, -0.15) is 0 Å². The van der Waals surface area contributed by atoms with Gasteiger partial charge >= 0.3 is 0 Å². The predicted octanol–water partition coefficient (Wildman–Crippen LogP) is 4.68. The van der Waals surface area contributed by atoms with Crippen molar-refractivity contribution in [2.24, 2.45) is 0 Å². The zero-order valence-corrected chi connectivity index (χ0v) is 20.0. The molecule has 1 aliphatic carbocycles. The maximum Gasteiger partial charge on any atom is 0.266 e. The van der Waals surface area contributed by atoms with Gasteiger partial charge < -0.3 is 20.1 Å². The van der Waals surface area contributed by atoms with Crippen molar-refractivity contribution < 1.29 is 26.7 Å². The molecule has 196 valence electrons. The van der Waals surface area contributed by atoms with Crippen LogP contribution in [0.2, 0.25) is 0 Å². The molecule has 1 aliphatic heterocycles. The fourth-order valence-corrected chi connectivity index (χ4v) is 4.67. The molecule has 2 fully saturated rings. The number of halogens is 5. The van der Waals surface area contributed by atoms with Crippen molar-refractivity contribution in [3.63, 3.8) is 0 Å². The van der Waals surface area contributed by atoms with E-state index < -0.39 is 47.3 Å². The number of pyridine rings is 1. The van der Waals surface area contributed by atoms with Gasteiger partial charge in [0, 0.05) is 23.9 Å². The molecule has 0 radical (unpaired) electrons. The second kappa shape index (κ2) is 10.2. The Morgan fingerprint density at radius 1 is 1.11 bits per heavy atom. The molecule has 0 spiro atoms. The summed E-state index contributed by atoms with van der Waals surface area (Å²) in [5, 5.41) is 5.78. The maximum absolute atomic E-state index is 14.6. The third-order valence-electron chi connectivity index (χ3n) is 7.13. The van der Waals surface area contributed by atoms with E-state index in [1.807, 2.05) is 7.05 Å². The van der Waals surface area contributed by atoms with Gasteiger partial charge in [0.15, 0.2) is 0 Å². The number of likely N-dealkylation sites (tertiary alicyclic amines) is 1. The summed E-state index contributed by atoms with van der Waals surface area (Å²) in [5.41, 5.74) is -3.06. The number of alkyl halides is 4. The topological polar surface area (TPSA) is 66.4 Å². The van der Waals surface area contributed by atoms with Crippen LogP contribution in [0.3, 0.4) is 0 Å². The molecule has 6 nitrogen and oxygen atoms in total. The molecule has 0 bridgehead atoms. The average Bonchev–Trinajstić information content (AvgIpc) is 3.62. The summed E-state index contributed by atoms with van der Waals surface area (Å²) in [6.07, 6.45) is -2.96. The quantitative estimate of drug-likeness (QED) is 0.505. The Morgan fingerprint density at radius 2 is 1.75 bits per heavy atom. The molecule has 36 heavy (non-hydrogen) atoms. The Kier molecular flexibility index (Phi) is 7.40. The summed E-state index contributed by atoms with van der Waals surface area (Å²) in [4.78, 5) is 28.3. The molecule has 1 aromatic heterocycles. The third kappa shape index (κ3) is 5.11. The molecule has 1 aromatic carbocycles. The van der Waals surface area contributed by atoms with Crippen LogP contribution in [0.4, 0.5) is 27.6 Å². The lowest BCUT2D eigenvalue weighted by Crippen LogP contribution is -2.40. The van der Waals surface area contributed by atoms with E-state index in [1.54, 1.807) is 0 Å². The van der Waals surface area contributed by atoms with Gasteiger partial charge in [-0.1, -0.05) is 18.2 Å². The highest BCUT2D eigenvalue weighted by atomic mass is 19.3. The van der Waals surface area contributed by atoms with Crippen molar-refractivity contribution in [1.82, 2.24) is 14.8 Å². The Morgan fingerprint density at radius 3 is 2.33 bits per heavy atom. The molecular formula is C25H29F5N4O2. The molecule has 1 saturated carbocycles. The monoisotopic (exact) mass is 512 g/mol. The summed E-state index contributed by atoms with van der Waals surface area (Å²) in [6, 6.07) is 3.65. The highest BCUT2D eigenvalue weighted by molar-refractivity contribution is 5.99. The number of rotatable bonds is 8. The first-order valence-electron chi connectivity index (χ1n) is 11.9. The van der Waals surface area contributed by atoms with E-state index in [2.05, 4.69) is 15.5 Å². The van der Waals surface area contributed by atoms with Crippen molar-refractivity contribution in [2.45, 2.75) is 63.1 Å². The second-order valence-electron chi connectivity index (χ2n) is 9.68. The molecular weight excluding hydrogens is 483 g/mol. The summed E-state index contributed by atoms with van der Waals surface area (Å²) >= 11 is 0. The summed E-state index contributed by atoms with van der Waals surface area (Å²) in [6.45, 7) is 3.05. The van der Waals surface area contributed by atoms with Gasteiger partial charge in [0.05, 0.1) is 22.9 Å². The molecule has 0 unspecified atom stereocenters. The molecule has 11 heteroatoms. The van der Waals surface area contributed by atoms with Gasteiger partial charge in [0.2, 0.25) is 0 Å². The van der Waals surface area contributed by atoms with E-state index >= 15 is 0 Å². The van der Waals surface area contributed by atoms with Crippen LogP contribution in [-0.2, 0) is 5.54 Å². The van der Waals surface area contributed by atoms with Gasteiger partial charge in [0.1, 0.15) is 11.4 Å². The number of carbonyl (C=O) groups is 1. The summed E-state index contributed by atoms with van der Waals surface area (Å²) in [7, 11) is 1.99. The number of piperidine rings is 1. The minimum Gasteiger partial charge on any atom is -0.381 e. The zero-order chi connectivity index (χ0) is 26.2. The predicted molar refractivity (Wildman–Crippen MR) is 125 cm³/mol. The molecule has 2 N–H and O–H groups in total. The van der Waals surface area contributed by atoms with Crippen LogP contribution in [0, 0.1) is 5.82 Å². The zero-order valence-electron chi connectivity index (χ0n) is 20.0. The number of hydrogen-bond donors (Lipinski definition) is 2. The van der Waals surface area contributed by atoms with Crippen LogP contribution in [0.25, 0.3) is 0 Å². The highest BCUT2D eigenvalue weighted by Crippen LogP contribution is 2.48. The largest absolute Gasteiger partial charge is 0.381 e. The van der Waals surface area contributed by atoms with Crippen LogP contribution in [0.5, 0.6) is 0 Å². The Balaban J connectivity index is 1.66. The fraction of sp³-hybridized carbons (Fsp3) is 0.520. The van der Waals surface area contributed by atoms with E-state index in [0.717, 1.165) is 48.8 Å². The molecule has 1 saturated heterocycles. The number of nitrogens with one attached hydrogen (secondary N) is 2. The highest BCUT2D eigenvalue weighted by Gasteiger charge is 2.53. The molecule has 2 aromatic rings. The number of nitrogens with zero attached hydrogens (tertiary/aromatic N) is 2. The van der Waals surface area contributed by atoms with Crippen LogP contribution in [-0.4, -0.2) is 48.0 Å². The second-order valence-corrected chi connectivity index (χ2v) is 9.68. The number of carbonyl (C=O) groups excluding carboxylic acids is 1. The summed E-state index contributed by atoms with van der Waals surface area (Å²) < 4.78 is 69.4. The van der Waals surface area contributed by atoms with Crippen LogP contribution < -0.4 is 16.2 Å². The number of hydrogen-bond acceptors (Lipinski definition) is 4. The molecule has 2 heterocycles. The standard InChI is InChI=1S/C25H29F5N4O2/c1-14(16-4-3-5-17(21(16)26)22(27)28)31-23(36)18-13-34(25(8-9-25)24(29)30)20(35)12-19(18)32-15-6-10-33(2)11-7-15/h3-5,12-15,22,24,32H,6-11H2,1-2H3,(H,31,36)/t14-/m1/s1. The van der Waals surface area contributed by atoms with Crippen molar-refractivity contribution >= 4 is 11.6 Å². The van der Waals surface area contributed by atoms with Gasteiger partial charge in [-0.05, 0) is 52.7 Å². The summed E-state index contributed by atoms with van der Waals surface area (Å²) in [5.74, 6) is -1.86. The van der Waals surface area contributed by atoms with Crippen LogP contribution in [0.15, 0.2) is 35.3 Å². The lowest BCUT2D eigenvalue weighted by atomic mass is 10.0. The van der Waals surface area contributed by atoms with Crippen LogP contribution in [0.1, 0.15) is 66.6 Å². The number of aromatic nitrogens is 1. The Bertz CT molecular complexity index is 1170. The van der Waals surface area contributed by atoms with E-state index in [1.165, 1.54) is 19.1 Å². The first-order chi connectivity index (χ1) is 17.0. The first kappa shape index (κ1) is 26.1. The molecule has 4 rings (SSSR count). The van der Waals surface area contributed by atoms with Gasteiger partial charge in [0.25, 0.3) is 24.3 Å². The Labute approximate surface area is 205 Å². The Hall–Kier alpha value is -2.95. The number of anilines is 1. The lowest BCUT2D eigenvalue weighted by Gasteiger charge is -2.31.